The summed E-state index contributed by atoms with van der Waals surface area (Å²) in [6.45, 7) is 4.20. The van der Waals surface area contributed by atoms with Crippen LogP contribution in [0.3, 0.4) is 0 Å². The number of aromatic nitrogens is 6. The molecule has 0 radical (unpaired) electrons. The molecular formula is C20H22N8. The maximum atomic E-state index is 4.76. The number of fused-ring (bicyclic) bond motifs is 1. The number of nitrogens with zero attached hydrogens (tertiary/aromatic N) is 6. The van der Waals surface area contributed by atoms with Crippen molar-refractivity contribution in [1.82, 2.24) is 34.6 Å². The second-order valence-electron chi connectivity index (χ2n) is 7.37. The molecule has 5 rings (SSSR count). The van der Waals surface area contributed by atoms with Crippen LogP contribution in [0.15, 0.2) is 49.3 Å². The topological polar surface area (TPSA) is 85.5 Å². The van der Waals surface area contributed by atoms with Gasteiger partial charge < -0.3 is 10.6 Å². The molecule has 0 amide bonds. The molecule has 0 spiro atoms. The van der Waals surface area contributed by atoms with Crippen LogP contribution in [-0.2, 0) is 7.05 Å². The Morgan fingerprint density at radius 3 is 2.86 bits per heavy atom. The lowest BCUT2D eigenvalue weighted by atomic mass is 10.1. The predicted octanol–water partition coefficient (Wildman–Crippen LogP) is 2.24. The third-order valence-electron chi connectivity index (χ3n) is 5.30. The van der Waals surface area contributed by atoms with Crippen molar-refractivity contribution >= 4 is 16.9 Å². The smallest absolute Gasteiger partial charge is 0.159 e. The van der Waals surface area contributed by atoms with E-state index in [0.29, 0.717) is 12.0 Å². The minimum absolute atomic E-state index is 0.367. The van der Waals surface area contributed by atoms with Gasteiger partial charge in [0.2, 0.25) is 0 Å². The largest absolute Gasteiger partial charge is 0.364 e. The van der Waals surface area contributed by atoms with Gasteiger partial charge in [0, 0.05) is 31.4 Å². The molecule has 142 valence electrons. The van der Waals surface area contributed by atoms with Gasteiger partial charge in [-0.15, -0.1) is 0 Å². The minimum Gasteiger partial charge on any atom is -0.364 e. The van der Waals surface area contributed by atoms with Crippen molar-refractivity contribution in [2.75, 3.05) is 18.4 Å². The number of hydrogen-bond acceptors (Lipinski definition) is 6. The molecule has 0 unspecified atom stereocenters. The molecule has 0 bridgehead atoms. The SMILES string of the molecule is C[C@@H]1CNC[C@@H]1Nc1cncc(-n2cnc3cc(-c4cnn(C)c4)ccc32)n1. The van der Waals surface area contributed by atoms with Gasteiger partial charge in [-0.2, -0.15) is 5.10 Å². The lowest BCUT2D eigenvalue weighted by molar-refractivity contribution is 0.593. The number of benzene rings is 1. The molecule has 1 aliphatic rings. The Morgan fingerprint density at radius 2 is 2.07 bits per heavy atom. The van der Waals surface area contributed by atoms with Gasteiger partial charge in [-0.25, -0.2) is 9.97 Å². The van der Waals surface area contributed by atoms with Crippen LogP contribution in [0, 0.1) is 5.92 Å². The van der Waals surface area contributed by atoms with Crippen LogP contribution in [0.1, 0.15) is 6.92 Å². The van der Waals surface area contributed by atoms with E-state index in [-0.39, 0.29) is 0 Å². The first-order valence-electron chi connectivity index (χ1n) is 9.43. The molecule has 28 heavy (non-hydrogen) atoms. The predicted molar refractivity (Wildman–Crippen MR) is 108 cm³/mol. The molecule has 4 aromatic rings. The molecular weight excluding hydrogens is 352 g/mol. The lowest BCUT2D eigenvalue weighted by Gasteiger charge is -2.17. The molecule has 3 aromatic heterocycles. The second-order valence-corrected chi connectivity index (χ2v) is 7.37. The first-order chi connectivity index (χ1) is 13.7. The van der Waals surface area contributed by atoms with Gasteiger partial charge in [-0.05, 0) is 30.2 Å². The van der Waals surface area contributed by atoms with E-state index >= 15 is 0 Å². The highest BCUT2D eigenvalue weighted by atomic mass is 15.2. The van der Waals surface area contributed by atoms with E-state index in [1.165, 1.54) is 0 Å². The molecule has 0 saturated carbocycles. The molecule has 1 aliphatic heterocycles. The number of anilines is 1. The fraction of sp³-hybridized carbons (Fsp3) is 0.300. The first-order valence-corrected chi connectivity index (χ1v) is 9.43. The van der Waals surface area contributed by atoms with Crippen molar-refractivity contribution in [3.63, 3.8) is 0 Å². The standard InChI is InChI=1S/C20H22N8/c1-13-6-21-8-17(13)25-19-9-22-10-20(26-19)28-12-23-16-5-14(3-4-18(16)28)15-7-24-27(2)11-15/h3-5,7,9-13,17,21H,6,8H2,1-2H3,(H,25,26)/t13-,17+/m1/s1. The van der Waals surface area contributed by atoms with E-state index in [9.17, 15) is 0 Å². The Labute approximate surface area is 162 Å². The monoisotopic (exact) mass is 374 g/mol. The van der Waals surface area contributed by atoms with Crippen LogP contribution in [0.2, 0.25) is 0 Å². The van der Waals surface area contributed by atoms with Gasteiger partial charge >= 0.3 is 0 Å². The highest BCUT2D eigenvalue weighted by Crippen LogP contribution is 2.25. The number of rotatable bonds is 4. The number of nitrogens with one attached hydrogen (secondary N) is 2. The summed E-state index contributed by atoms with van der Waals surface area (Å²) in [7, 11) is 1.92. The molecule has 1 saturated heterocycles. The van der Waals surface area contributed by atoms with E-state index in [0.717, 1.165) is 46.9 Å². The lowest BCUT2D eigenvalue weighted by Crippen LogP contribution is -2.27. The summed E-state index contributed by atoms with van der Waals surface area (Å²) in [6, 6.07) is 6.59. The maximum Gasteiger partial charge on any atom is 0.159 e. The zero-order valence-electron chi connectivity index (χ0n) is 15.9. The maximum absolute atomic E-state index is 4.76. The van der Waals surface area contributed by atoms with Crippen molar-refractivity contribution in [2.45, 2.75) is 13.0 Å². The number of aryl methyl sites for hydroxylation is 1. The van der Waals surface area contributed by atoms with E-state index in [2.05, 4.69) is 50.8 Å². The van der Waals surface area contributed by atoms with Crippen molar-refractivity contribution in [2.24, 2.45) is 13.0 Å². The summed E-state index contributed by atoms with van der Waals surface area (Å²) < 4.78 is 3.77. The summed E-state index contributed by atoms with van der Waals surface area (Å²) in [5.74, 6) is 2.09. The van der Waals surface area contributed by atoms with Crippen LogP contribution in [0.4, 0.5) is 5.82 Å². The quantitative estimate of drug-likeness (QED) is 0.570. The minimum atomic E-state index is 0.367. The third kappa shape index (κ3) is 3.01. The number of hydrogen-bond donors (Lipinski definition) is 2. The molecule has 8 nitrogen and oxygen atoms in total. The van der Waals surface area contributed by atoms with Crippen LogP contribution < -0.4 is 10.6 Å². The average Bonchev–Trinajstić information content (AvgIpc) is 3.42. The van der Waals surface area contributed by atoms with Crippen molar-refractivity contribution in [1.29, 1.82) is 0 Å². The number of imidazole rings is 1. The van der Waals surface area contributed by atoms with E-state index < -0.39 is 0 Å². The fourth-order valence-electron chi connectivity index (χ4n) is 3.68. The summed E-state index contributed by atoms with van der Waals surface area (Å²) in [5, 5.41) is 11.1. The Hall–Kier alpha value is -3.26. The Balaban J connectivity index is 1.47. The van der Waals surface area contributed by atoms with Gasteiger partial charge in [0.25, 0.3) is 0 Å². The zero-order valence-corrected chi connectivity index (χ0v) is 15.9. The van der Waals surface area contributed by atoms with Crippen LogP contribution in [-0.4, -0.2) is 48.4 Å². The molecule has 1 aromatic carbocycles. The molecule has 4 heterocycles. The van der Waals surface area contributed by atoms with E-state index in [1.54, 1.807) is 23.4 Å². The normalized spacial score (nSPS) is 19.4. The summed E-state index contributed by atoms with van der Waals surface area (Å²) in [4.78, 5) is 13.7. The molecule has 2 N–H and O–H groups in total. The molecule has 8 heteroatoms. The van der Waals surface area contributed by atoms with Crippen molar-refractivity contribution in [3.05, 3.63) is 49.3 Å². The van der Waals surface area contributed by atoms with Gasteiger partial charge in [-0.1, -0.05) is 13.0 Å². The van der Waals surface area contributed by atoms with Crippen molar-refractivity contribution in [3.8, 4) is 16.9 Å². The summed E-state index contributed by atoms with van der Waals surface area (Å²) in [6.07, 6.45) is 9.19. The average molecular weight is 374 g/mol. The summed E-state index contributed by atoms with van der Waals surface area (Å²) in [5.41, 5.74) is 4.07. The molecule has 1 fully saturated rings. The second kappa shape index (κ2) is 6.72. The van der Waals surface area contributed by atoms with Crippen LogP contribution >= 0.6 is 0 Å². The van der Waals surface area contributed by atoms with E-state index in [1.807, 2.05) is 24.0 Å². The molecule has 0 aliphatic carbocycles. The fourth-order valence-corrected chi connectivity index (χ4v) is 3.68. The van der Waals surface area contributed by atoms with Gasteiger partial charge in [0.05, 0.1) is 29.6 Å². The van der Waals surface area contributed by atoms with Crippen LogP contribution in [0.5, 0.6) is 0 Å². The Bertz CT molecular complexity index is 1130. The Morgan fingerprint density at radius 1 is 1.14 bits per heavy atom. The highest BCUT2D eigenvalue weighted by Gasteiger charge is 2.23. The third-order valence-corrected chi connectivity index (χ3v) is 5.30. The van der Waals surface area contributed by atoms with Crippen molar-refractivity contribution < 1.29 is 0 Å². The highest BCUT2D eigenvalue weighted by molar-refractivity contribution is 5.83. The Kier molecular flexibility index (Phi) is 4.05. The molecule has 2 atom stereocenters. The van der Waals surface area contributed by atoms with Gasteiger partial charge in [0.15, 0.2) is 5.82 Å². The van der Waals surface area contributed by atoms with E-state index in [4.69, 9.17) is 4.98 Å². The zero-order chi connectivity index (χ0) is 19.1. The van der Waals surface area contributed by atoms with Gasteiger partial charge in [-0.3, -0.25) is 14.2 Å². The van der Waals surface area contributed by atoms with Gasteiger partial charge in [0.1, 0.15) is 12.1 Å². The summed E-state index contributed by atoms with van der Waals surface area (Å²) >= 11 is 0. The van der Waals surface area contributed by atoms with Crippen LogP contribution in [0.25, 0.3) is 28.0 Å². The first kappa shape index (κ1) is 16.9.